The van der Waals surface area contributed by atoms with Crippen molar-refractivity contribution in [1.82, 2.24) is 0 Å². The largest absolute Gasteiger partial charge is 0.460 e. The molecule has 1 fully saturated rings. The number of hydrogen-bond acceptors (Lipinski definition) is 2. The molecule has 0 unspecified atom stereocenters. The SMILES string of the molecule is C=C(Cl)Cc1c(F)c(F)c(COC(=O)[C@H]2[C@@H](C=C(Cl)C(F)(F)F)C2(C)C)c(F)c1F. The zero-order valence-electron chi connectivity index (χ0n) is 15.6. The Bertz CT molecular complexity index is 893. The lowest BCUT2D eigenvalue weighted by molar-refractivity contribution is -0.147. The van der Waals surface area contributed by atoms with Gasteiger partial charge in [-0.1, -0.05) is 49.7 Å². The van der Waals surface area contributed by atoms with E-state index in [1.54, 1.807) is 0 Å². The smallest absolute Gasteiger partial charge is 0.426 e. The van der Waals surface area contributed by atoms with Crippen LogP contribution in [0.15, 0.2) is 22.7 Å². The molecule has 1 saturated carbocycles. The number of rotatable bonds is 6. The summed E-state index contributed by atoms with van der Waals surface area (Å²) in [4.78, 5) is 12.2. The van der Waals surface area contributed by atoms with Gasteiger partial charge in [0.2, 0.25) is 0 Å². The van der Waals surface area contributed by atoms with Crippen LogP contribution in [0.1, 0.15) is 25.0 Å². The molecule has 2 rings (SSSR count). The van der Waals surface area contributed by atoms with Gasteiger partial charge in [-0.2, -0.15) is 13.2 Å². The van der Waals surface area contributed by atoms with Crippen LogP contribution in [0, 0.1) is 40.5 Å². The normalized spacial score (nSPS) is 20.8. The van der Waals surface area contributed by atoms with Gasteiger partial charge in [0.15, 0.2) is 23.3 Å². The molecule has 0 saturated heterocycles. The fraction of sp³-hybridized carbons (Fsp3) is 0.421. The number of carbonyl (C=O) groups is 1. The third kappa shape index (κ3) is 4.77. The van der Waals surface area contributed by atoms with Crippen LogP contribution in [0.2, 0.25) is 0 Å². The highest BCUT2D eigenvalue weighted by atomic mass is 35.5. The Kier molecular flexibility index (Phi) is 6.88. The summed E-state index contributed by atoms with van der Waals surface area (Å²) in [5, 5.41) is -1.69. The molecule has 1 aliphatic carbocycles. The van der Waals surface area contributed by atoms with Crippen molar-refractivity contribution < 1.29 is 40.3 Å². The van der Waals surface area contributed by atoms with E-state index in [1.807, 2.05) is 0 Å². The molecule has 2 atom stereocenters. The average Bonchev–Trinajstić information content (AvgIpc) is 3.16. The van der Waals surface area contributed by atoms with Crippen LogP contribution in [-0.4, -0.2) is 12.1 Å². The van der Waals surface area contributed by atoms with Crippen LogP contribution >= 0.6 is 23.2 Å². The van der Waals surface area contributed by atoms with Crippen molar-refractivity contribution in [3.05, 3.63) is 57.1 Å². The third-order valence-electron chi connectivity index (χ3n) is 4.93. The van der Waals surface area contributed by atoms with E-state index in [-0.39, 0.29) is 5.03 Å². The maximum absolute atomic E-state index is 14.2. The number of carbonyl (C=O) groups excluding carboxylic acids is 1. The van der Waals surface area contributed by atoms with Crippen LogP contribution in [0.3, 0.4) is 0 Å². The lowest BCUT2D eigenvalue weighted by Crippen LogP contribution is -2.15. The van der Waals surface area contributed by atoms with Crippen LogP contribution in [-0.2, 0) is 22.6 Å². The predicted octanol–water partition coefficient (Wildman–Crippen LogP) is 6.54. The molecule has 1 aromatic carbocycles. The second kappa shape index (κ2) is 8.42. The first kappa shape index (κ1) is 24.5. The lowest BCUT2D eigenvalue weighted by Gasteiger charge is -2.12. The first-order valence-corrected chi connectivity index (χ1v) is 9.14. The Labute approximate surface area is 177 Å². The van der Waals surface area contributed by atoms with Crippen molar-refractivity contribution >= 4 is 29.2 Å². The van der Waals surface area contributed by atoms with E-state index in [2.05, 4.69) is 6.58 Å². The van der Waals surface area contributed by atoms with Crippen molar-refractivity contribution in [2.75, 3.05) is 0 Å². The van der Waals surface area contributed by atoms with Crippen LogP contribution in [0.25, 0.3) is 0 Å². The molecule has 0 heterocycles. The maximum Gasteiger partial charge on any atom is 0.426 e. The molecule has 0 aliphatic heterocycles. The van der Waals surface area contributed by atoms with E-state index >= 15 is 0 Å². The summed E-state index contributed by atoms with van der Waals surface area (Å²) in [5.41, 5.74) is -3.13. The number of alkyl halides is 3. The van der Waals surface area contributed by atoms with Gasteiger partial charge >= 0.3 is 12.1 Å². The Hall–Kier alpha value is -1.74. The fourth-order valence-corrected chi connectivity index (χ4v) is 3.39. The first-order chi connectivity index (χ1) is 13.6. The number of hydrogen-bond donors (Lipinski definition) is 0. The molecule has 1 aliphatic rings. The minimum absolute atomic E-state index is 0.265. The summed E-state index contributed by atoms with van der Waals surface area (Å²) in [6.07, 6.45) is -4.81. The van der Waals surface area contributed by atoms with Gasteiger partial charge in [-0.25, -0.2) is 17.6 Å². The summed E-state index contributed by atoms with van der Waals surface area (Å²) >= 11 is 10.6. The van der Waals surface area contributed by atoms with Crippen LogP contribution < -0.4 is 0 Å². The van der Waals surface area contributed by atoms with Gasteiger partial charge in [0.1, 0.15) is 11.6 Å². The van der Waals surface area contributed by atoms with E-state index in [4.69, 9.17) is 27.9 Å². The first-order valence-electron chi connectivity index (χ1n) is 8.38. The lowest BCUT2D eigenvalue weighted by atomic mass is 10.1. The minimum Gasteiger partial charge on any atom is -0.460 e. The molecule has 0 bridgehead atoms. The molecule has 166 valence electrons. The molecule has 0 aromatic heterocycles. The van der Waals surface area contributed by atoms with E-state index in [0.29, 0.717) is 6.08 Å². The van der Waals surface area contributed by atoms with Crippen LogP contribution in [0.5, 0.6) is 0 Å². The monoisotopic (exact) mass is 478 g/mol. The maximum atomic E-state index is 14.2. The van der Waals surface area contributed by atoms with Gasteiger partial charge in [-0.15, -0.1) is 0 Å². The van der Waals surface area contributed by atoms with Gasteiger partial charge in [0, 0.05) is 17.0 Å². The predicted molar refractivity (Wildman–Crippen MR) is 95.5 cm³/mol. The van der Waals surface area contributed by atoms with Gasteiger partial charge in [-0.3, -0.25) is 4.79 Å². The molecule has 0 radical (unpaired) electrons. The van der Waals surface area contributed by atoms with Gasteiger partial charge in [0.25, 0.3) is 0 Å². The van der Waals surface area contributed by atoms with Crippen molar-refractivity contribution in [1.29, 1.82) is 0 Å². The van der Waals surface area contributed by atoms with Gasteiger partial charge in [0.05, 0.1) is 11.5 Å². The zero-order chi connectivity index (χ0) is 23.2. The van der Waals surface area contributed by atoms with E-state index < -0.39 is 81.9 Å². The van der Waals surface area contributed by atoms with Crippen LogP contribution in [0.4, 0.5) is 30.7 Å². The summed E-state index contributed by atoms with van der Waals surface area (Å²) in [7, 11) is 0. The number of esters is 1. The highest BCUT2D eigenvalue weighted by Gasteiger charge is 2.62. The Morgan fingerprint density at radius 3 is 1.97 bits per heavy atom. The van der Waals surface area contributed by atoms with E-state index in [9.17, 15) is 35.5 Å². The van der Waals surface area contributed by atoms with E-state index in [1.165, 1.54) is 13.8 Å². The van der Waals surface area contributed by atoms with Gasteiger partial charge < -0.3 is 4.74 Å². The summed E-state index contributed by atoms with van der Waals surface area (Å²) in [6, 6.07) is 0. The van der Waals surface area contributed by atoms with Gasteiger partial charge in [-0.05, 0) is 11.3 Å². The quantitative estimate of drug-likeness (QED) is 0.263. The highest BCUT2D eigenvalue weighted by molar-refractivity contribution is 6.30. The molecule has 30 heavy (non-hydrogen) atoms. The molecular formula is C19H15Cl2F7O2. The third-order valence-corrected chi connectivity index (χ3v) is 5.41. The second-order valence-electron chi connectivity index (χ2n) is 7.35. The number of halogens is 9. The molecule has 0 N–H and O–H groups in total. The molecule has 0 spiro atoms. The molecule has 2 nitrogen and oxygen atoms in total. The van der Waals surface area contributed by atoms with Crippen molar-refractivity contribution in [2.45, 2.75) is 33.1 Å². The number of benzene rings is 1. The molecule has 0 amide bonds. The number of ether oxygens (including phenoxy) is 1. The average molecular weight is 479 g/mol. The molecular weight excluding hydrogens is 464 g/mol. The van der Waals surface area contributed by atoms with E-state index in [0.717, 1.165) is 0 Å². The Morgan fingerprint density at radius 2 is 1.53 bits per heavy atom. The Balaban J connectivity index is 2.20. The summed E-state index contributed by atoms with van der Waals surface area (Å²) in [5.74, 6) is -10.1. The van der Waals surface area contributed by atoms with Crippen molar-refractivity contribution in [2.24, 2.45) is 17.3 Å². The summed E-state index contributed by atoms with van der Waals surface area (Å²) < 4.78 is 98.9. The second-order valence-corrected chi connectivity index (χ2v) is 8.29. The summed E-state index contributed by atoms with van der Waals surface area (Å²) in [6.45, 7) is 4.96. The number of allylic oxidation sites excluding steroid dienone is 3. The molecule has 11 heteroatoms. The Morgan fingerprint density at radius 1 is 1.07 bits per heavy atom. The standard InChI is InChI=1S/C19H15Cl2F7O2/c1-7(20)4-8-13(22)15(24)9(16(25)14(8)23)6-30-17(29)12-10(18(12,2)3)5-11(21)19(26,27)28/h5,10,12H,1,4,6H2,2-3H3/t10-,12-/m1/s1. The zero-order valence-corrected chi connectivity index (χ0v) is 17.1. The highest BCUT2D eigenvalue weighted by Crippen LogP contribution is 2.60. The topological polar surface area (TPSA) is 26.3 Å². The van der Waals surface area contributed by atoms with Crippen molar-refractivity contribution in [3.8, 4) is 0 Å². The minimum atomic E-state index is -4.80. The van der Waals surface area contributed by atoms with Crippen molar-refractivity contribution in [3.63, 3.8) is 0 Å². The molecule has 1 aromatic rings. The fourth-order valence-electron chi connectivity index (χ4n) is 3.12.